The molecule has 98 valence electrons. The molecule has 5 heteroatoms. The van der Waals surface area contributed by atoms with Crippen molar-refractivity contribution < 1.29 is 9.50 Å². The number of phenolic OH excluding ortho intramolecular Hbond substituents is 1. The Bertz CT molecular complexity index is 616. The predicted octanol–water partition coefficient (Wildman–Crippen LogP) is 3.65. The van der Waals surface area contributed by atoms with Crippen LogP contribution in [0.2, 0.25) is 0 Å². The molecule has 2 rings (SSSR count). The number of rotatable bonds is 2. The van der Waals surface area contributed by atoms with Crippen LogP contribution in [0.4, 0.5) is 15.8 Å². The van der Waals surface area contributed by atoms with Crippen LogP contribution in [0.3, 0.4) is 0 Å². The Kier molecular flexibility index (Phi) is 3.97. The van der Waals surface area contributed by atoms with Crippen LogP contribution >= 0.6 is 12.2 Å². The van der Waals surface area contributed by atoms with E-state index in [0.717, 1.165) is 5.56 Å². The molecule has 0 unspecified atom stereocenters. The van der Waals surface area contributed by atoms with Crippen molar-refractivity contribution in [3.63, 3.8) is 0 Å². The highest BCUT2D eigenvalue weighted by molar-refractivity contribution is 7.80. The summed E-state index contributed by atoms with van der Waals surface area (Å²) in [5, 5.41) is 15.5. The molecule has 19 heavy (non-hydrogen) atoms. The summed E-state index contributed by atoms with van der Waals surface area (Å²) in [6, 6.07) is 11.4. The lowest BCUT2D eigenvalue weighted by Gasteiger charge is -2.12. The first-order valence-electron chi connectivity index (χ1n) is 5.68. The normalized spacial score (nSPS) is 10.0. The van der Waals surface area contributed by atoms with Crippen molar-refractivity contribution >= 4 is 28.7 Å². The van der Waals surface area contributed by atoms with Gasteiger partial charge in [-0.1, -0.05) is 18.2 Å². The van der Waals surface area contributed by atoms with Gasteiger partial charge in [0, 0.05) is 0 Å². The molecule has 0 radical (unpaired) electrons. The molecule has 0 aliphatic heterocycles. The number of hydrogen-bond donors (Lipinski definition) is 3. The van der Waals surface area contributed by atoms with Gasteiger partial charge in [0.25, 0.3) is 0 Å². The van der Waals surface area contributed by atoms with Crippen molar-refractivity contribution in [3.8, 4) is 5.75 Å². The Morgan fingerprint density at radius 3 is 2.47 bits per heavy atom. The minimum absolute atomic E-state index is 0.0951. The lowest BCUT2D eigenvalue weighted by atomic mass is 10.2. The minimum Gasteiger partial charge on any atom is -0.506 e. The third-order valence-electron chi connectivity index (χ3n) is 2.52. The monoisotopic (exact) mass is 276 g/mol. The summed E-state index contributed by atoms with van der Waals surface area (Å²) in [6.07, 6.45) is 0. The first-order chi connectivity index (χ1) is 9.06. The average Bonchev–Trinajstić information content (AvgIpc) is 2.36. The summed E-state index contributed by atoms with van der Waals surface area (Å²) in [7, 11) is 0. The van der Waals surface area contributed by atoms with Gasteiger partial charge in [-0.05, 0) is 49.0 Å². The molecule has 2 aromatic rings. The van der Waals surface area contributed by atoms with Crippen molar-refractivity contribution in [3.05, 3.63) is 53.8 Å². The van der Waals surface area contributed by atoms with E-state index in [0.29, 0.717) is 5.69 Å². The number of thiocarbonyl (C=S) groups is 1. The maximum Gasteiger partial charge on any atom is 0.175 e. The number of phenols is 1. The first kappa shape index (κ1) is 13.3. The molecule has 0 aliphatic rings. The fourth-order valence-corrected chi connectivity index (χ4v) is 1.81. The van der Waals surface area contributed by atoms with Gasteiger partial charge in [-0.25, -0.2) is 4.39 Å². The van der Waals surface area contributed by atoms with Gasteiger partial charge in [0.15, 0.2) is 5.11 Å². The number of anilines is 2. The summed E-state index contributed by atoms with van der Waals surface area (Å²) in [5.74, 6) is -0.294. The maximum atomic E-state index is 13.4. The number of para-hydroxylation sites is 1. The highest BCUT2D eigenvalue weighted by atomic mass is 32.1. The van der Waals surface area contributed by atoms with Crippen molar-refractivity contribution in [2.45, 2.75) is 6.92 Å². The van der Waals surface area contributed by atoms with Gasteiger partial charge in [0.1, 0.15) is 11.6 Å². The number of hydrogen-bond acceptors (Lipinski definition) is 2. The summed E-state index contributed by atoms with van der Waals surface area (Å²) >= 11 is 5.07. The number of benzene rings is 2. The van der Waals surface area contributed by atoms with Gasteiger partial charge in [-0.3, -0.25) is 0 Å². The molecule has 0 amide bonds. The van der Waals surface area contributed by atoms with E-state index in [-0.39, 0.29) is 22.4 Å². The molecule has 0 fully saturated rings. The largest absolute Gasteiger partial charge is 0.506 e. The molecular weight excluding hydrogens is 263 g/mol. The predicted molar refractivity (Wildman–Crippen MR) is 79.1 cm³/mol. The van der Waals surface area contributed by atoms with E-state index >= 15 is 0 Å². The molecule has 0 spiro atoms. The van der Waals surface area contributed by atoms with Crippen LogP contribution in [-0.2, 0) is 0 Å². The van der Waals surface area contributed by atoms with E-state index in [1.165, 1.54) is 6.07 Å². The maximum absolute atomic E-state index is 13.4. The van der Waals surface area contributed by atoms with Crippen LogP contribution in [-0.4, -0.2) is 10.2 Å². The Morgan fingerprint density at radius 1 is 1.11 bits per heavy atom. The zero-order valence-electron chi connectivity index (χ0n) is 10.3. The Labute approximate surface area is 116 Å². The number of aromatic hydroxyl groups is 1. The number of nitrogens with one attached hydrogen (secondary N) is 2. The van der Waals surface area contributed by atoms with Crippen molar-refractivity contribution in [2.75, 3.05) is 10.6 Å². The Morgan fingerprint density at radius 2 is 1.79 bits per heavy atom. The van der Waals surface area contributed by atoms with Crippen LogP contribution in [0.1, 0.15) is 5.56 Å². The van der Waals surface area contributed by atoms with E-state index in [1.807, 2.05) is 13.0 Å². The van der Waals surface area contributed by atoms with E-state index in [4.69, 9.17) is 12.2 Å². The molecule has 0 atom stereocenters. The second-order valence-corrected chi connectivity index (χ2v) is 4.49. The quantitative estimate of drug-likeness (QED) is 0.578. The molecule has 0 heterocycles. The third kappa shape index (κ3) is 3.42. The Hall–Kier alpha value is -2.14. The molecule has 0 aromatic heterocycles. The molecule has 0 aliphatic carbocycles. The first-order valence-corrected chi connectivity index (χ1v) is 6.09. The third-order valence-corrected chi connectivity index (χ3v) is 2.73. The number of aryl methyl sites for hydroxylation is 1. The Balaban J connectivity index is 2.08. The molecule has 3 nitrogen and oxygen atoms in total. The molecule has 0 saturated carbocycles. The van der Waals surface area contributed by atoms with Gasteiger partial charge >= 0.3 is 0 Å². The van der Waals surface area contributed by atoms with E-state index in [2.05, 4.69) is 10.6 Å². The zero-order chi connectivity index (χ0) is 13.8. The van der Waals surface area contributed by atoms with Crippen molar-refractivity contribution in [1.29, 1.82) is 0 Å². The fourth-order valence-electron chi connectivity index (χ4n) is 1.59. The zero-order valence-corrected chi connectivity index (χ0v) is 11.1. The molecule has 0 saturated heterocycles. The smallest absolute Gasteiger partial charge is 0.175 e. The second kappa shape index (κ2) is 5.67. The second-order valence-electron chi connectivity index (χ2n) is 4.08. The summed E-state index contributed by atoms with van der Waals surface area (Å²) < 4.78 is 13.4. The topological polar surface area (TPSA) is 44.3 Å². The van der Waals surface area contributed by atoms with Gasteiger partial charge < -0.3 is 15.7 Å². The highest BCUT2D eigenvalue weighted by Crippen LogP contribution is 2.24. The van der Waals surface area contributed by atoms with E-state index in [9.17, 15) is 9.50 Å². The van der Waals surface area contributed by atoms with Crippen LogP contribution < -0.4 is 10.6 Å². The van der Waals surface area contributed by atoms with E-state index < -0.39 is 0 Å². The SMILES string of the molecule is Cc1ccc(NC(=S)Nc2ccccc2F)c(O)c1. The number of halogens is 1. The van der Waals surface area contributed by atoms with Crippen LogP contribution in [0.25, 0.3) is 0 Å². The molecular formula is C14H13FN2OS. The van der Waals surface area contributed by atoms with Gasteiger partial charge in [-0.2, -0.15) is 0 Å². The van der Waals surface area contributed by atoms with Gasteiger partial charge in [0.2, 0.25) is 0 Å². The fraction of sp³-hybridized carbons (Fsp3) is 0.0714. The lowest BCUT2D eigenvalue weighted by Crippen LogP contribution is -2.19. The van der Waals surface area contributed by atoms with Crippen LogP contribution in [0.5, 0.6) is 5.75 Å². The van der Waals surface area contributed by atoms with E-state index in [1.54, 1.807) is 30.3 Å². The van der Waals surface area contributed by atoms with Crippen LogP contribution in [0, 0.1) is 12.7 Å². The van der Waals surface area contributed by atoms with Crippen molar-refractivity contribution in [1.82, 2.24) is 0 Å². The minimum atomic E-state index is -0.389. The van der Waals surface area contributed by atoms with Gasteiger partial charge in [-0.15, -0.1) is 0 Å². The van der Waals surface area contributed by atoms with Crippen molar-refractivity contribution in [2.24, 2.45) is 0 Å². The summed E-state index contributed by atoms with van der Waals surface area (Å²) in [4.78, 5) is 0. The van der Waals surface area contributed by atoms with Crippen LogP contribution in [0.15, 0.2) is 42.5 Å². The standard InChI is InChI=1S/C14H13FN2OS/c1-9-6-7-12(13(18)8-9)17-14(19)16-11-5-3-2-4-10(11)15/h2-8,18H,1H3,(H2,16,17,19). The van der Waals surface area contributed by atoms with Gasteiger partial charge in [0.05, 0.1) is 11.4 Å². The molecule has 0 bridgehead atoms. The summed E-state index contributed by atoms with van der Waals surface area (Å²) in [5.41, 5.74) is 1.70. The average molecular weight is 276 g/mol. The lowest BCUT2D eigenvalue weighted by molar-refractivity contribution is 0.477. The molecule has 2 aromatic carbocycles. The highest BCUT2D eigenvalue weighted by Gasteiger charge is 2.06. The summed E-state index contributed by atoms with van der Waals surface area (Å²) in [6.45, 7) is 1.87. The molecule has 3 N–H and O–H groups in total.